The first kappa shape index (κ1) is 19.6. The van der Waals surface area contributed by atoms with Gasteiger partial charge in [-0.3, -0.25) is 9.88 Å². The average molecular weight is 415 g/mol. The van der Waals surface area contributed by atoms with Gasteiger partial charge in [-0.05, 0) is 41.3 Å². The van der Waals surface area contributed by atoms with Crippen molar-refractivity contribution >= 4 is 6.03 Å². The molecule has 1 unspecified atom stereocenters. The quantitative estimate of drug-likeness (QED) is 0.688. The van der Waals surface area contributed by atoms with Crippen molar-refractivity contribution in [3.63, 3.8) is 0 Å². The Morgan fingerprint density at radius 2 is 1.84 bits per heavy atom. The van der Waals surface area contributed by atoms with E-state index in [1.54, 1.807) is 12.1 Å². The van der Waals surface area contributed by atoms with E-state index in [-0.39, 0.29) is 11.8 Å². The molecule has 3 aromatic rings. The Morgan fingerprint density at radius 1 is 1.03 bits per heavy atom. The van der Waals surface area contributed by atoms with E-state index in [2.05, 4.69) is 33.4 Å². The molecule has 0 radical (unpaired) electrons. The zero-order valence-electron chi connectivity index (χ0n) is 17.4. The van der Waals surface area contributed by atoms with Gasteiger partial charge >= 0.3 is 6.03 Å². The van der Waals surface area contributed by atoms with Gasteiger partial charge < -0.3 is 15.3 Å². The fourth-order valence-electron chi connectivity index (χ4n) is 4.88. The van der Waals surface area contributed by atoms with Crippen molar-refractivity contribution in [3.05, 3.63) is 95.3 Å². The van der Waals surface area contributed by atoms with E-state index in [4.69, 9.17) is 0 Å². The number of fused-ring (bicyclic) bond motifs is 2. The number of nitrogens with one attached hydrogen (secondary N) is 1. The molecule has 1 atom stereocenters. The summed E-state index contributed by atoms with van der Waals surface area (Å²) in [6.07, 6.45) is 3.24. The van der Waals surface area contributed by atoms with Crippen LogP contribution in [0.4, 0.5) is 4.79 Å². The lowest BCUT2D eigenvalue weighted by molar-refractivity contribution is 0.0159. The molecule has 2 aliphatic rings. The topological polar surface area (TPSA) is 68.7 Å². The number of aromatic nitrogens is 1. The van der Waals surface area contributed by atoms with E-state index in [1.165, 1.54) is 11.1 Å². The highest BCUT2D eigenvalue weighted by atomic mass is 16.3. The number of phenols is 1. The molecule has 1 fully saturated rings. The lowest BCUT2D eigenvalue weighted by atomic mass is 9.86. The third kappa shape index (κ3) is 3.53. The Kier molecular flexibility index (Phi) is 5.08. The molecule has 1 aromatic heterocycles. The second kappa shape index (κ2) is 8.04. The van der Waals surface area contributed by atoms with E-state index in [1.807, 2.05) is 47.5 Å². The van der Waals surface area contributed by atoms with Gasteiger partial charge in [-0.2, -0.15) is 0 Å². The molecule has 2 N–H and O–H groups in total. The summed E-state index contributed by atoms with van der Waals surface area (Å²) in [5.41, 5.74) is 3.83. The van der Waals surface area contributed by atoms with E-state index in [0.29, 0.717) is 19.5 Å². The lowest BCUT2D eigenvalue weighted by Gasteiger charge is -2.47. The van der Waals surface area contributed by atoms with Crippen LogP contribution in [0.5, 0.6) is 5.75 Å². The zero-order chi connectivity index (χ0) is 21.3. The number of rotatable bonds is 4. The van der Waals surface area contributed by atoms with Gasteiger partial charge in [0.15, 0.2) is 0 Å². The maximum Gasteiger partial charge on any atom is 0.319 e. The van der Waals surface area contributed by atoms with Gasteiger partial charge in [-0.1, -0.05) is 48.5 Å². The standard InChI is InChI=1S/C25H26N4O2/c30-22-10-8-21(9-11-22)25-17-23-20(7-4-13-26-23)18-28(25)15-16-29(25)24(31)27-14-12-19-5-2-1-3-6-19/h1-11,13,30H,12,14-18H2,(H,27,31). The number of phenolic OH excluding ortho intramolecular Hbond substituents is 1. The molecule has 3 heterocycles. The third-order valence-electron chi connectivity index (χ3n) is 6.43. The molecule has 2 amide bonds. The lowest BCUT2D eigenvalue weighted by Crippen LogP contribution is -2.58. The van der Waals surface area contributed by atoms with Gasteiger partial charge in [-0.15, -0.1) is 0 Å². The van der Waals surface area contributed by atoms with E-state index >= 15 is 0 Å². The van der Waals surface area contributed by atoms with Crippen LogP contribution in [0.3, 0.4) is 0 Å². The van der Waals surface area contributed by atoms with Crippen molar-refractivity contribution in [3.8, 4) is 5.75 Å². The summed E-state index contributed by atoms with van der Waals surface area (Å²) in [5, 5.41) is 13.0. The second-order valence-electron chi connectivity index (χ2n) is 8.19. The summed E-state index contributed by atoms with van der Waals surface area (Å²) in [5.74, 6) is 0.220. The van der Waals surface area contributed by atoms with Gasteiger partial charge in [-0.25, -0.2) is 4.79 Å². The predicted molar refractivity (Wildman–Crippen MR) is 118 cm³/mol. The highest BCUT2D eigenvalue weighted by Gasteiger charge is 2.53. The first-order chi connectivity index (χ1) is 15.2. The minimum atomic E-state index is -0.605. The Balaban J connectivity index is 1.44. The van der Waals surface area contributed by atoms with Crippen LogP contribution < -0.4 is 5.32 Å². The first-order valence-corrected chi connectivity index (χ1v) is 10.7. The number of carbonyl (C=O) groups is 1. The highest BCUT2D eigenvalue weighted by Crippen LogP contribution is 2.44. The zero-order valence-corrected chi connectivity index (χ0v) is 17.4. The highest BCUT2D eigenvalue weighted by molar-refractivity contribution is 5.76. The maximum atomic E-state index is 13.4. The predicted octanol–water partition coefficient (Wildman–Crippen LogP) is 3.27. The van der Waals surface area contributed by atoms with Crippen molar-refractivity contribution in [1.29, 1.82) is 0 Å². The molecule has 6 heteroatoms. The Hall–Kier alpha value is -3.38. The number of pyridine rings is 1. The van der Waals surface area contributed by atoms with Crippen LogP contribution in [0.15, 0.2) is 72.9 Å². The van der Waals surface area contributed by atoms with Crippen molar-refractivity contribution in [2.24, 2.45) is 0 Å². The largest absolute Gasteiger partial charge is 0.508 e. The van der Waals surface area contributed by atoms with E-state index in [9.17, 15) is 9.90 Å². The van der Waals surface area contributed by atoms with Crippen LogP contribution in [0, 0.1) is 0 Å². The fraction of sp³-hybridized carbons (Fsp3) is 0.280. The fourth-order valence-corrected chi connectivity index (χ4v) is 4.88. The molecule has 0 aliphatic carbocycles. The van der Waals surface area contributed by atoms with Crippen LogP contribution in [-0.2, 0) is 25.0 Å². The Labute approximate surface area is 182 Å². The first-order valence-electron chi connectivity index (χ1n) is 10.7. The van der Waals surface area contributed by atoms with Gasteiger partial charge in [0.25, 0.3) is 0 Å². The minimum absolute atomic E-state index is 0.0640. The van der Waals surface area contributed by atoms with E-state index in [0.717, 1.165) is 30.8 Å². The molecule has 5 rings (SSSR count). The number of benzene rings is 2. The summed E-state index contributed by atoms with van der Waals surface area (Å²) in [6, 6.07) is 21.4. The molecule has 2 aromatic carbocycles. The summed E-state index contributed by atoms with van der Waals surface area (Å²) in [7, 11) is 0. The number of hydrogen-bond donors (Lipinski definition) is 2. The SMILES string of the molecule is O=C(NCCc1ccccc1)N1CCN2Cc3cccnc3CC21c1ccc(O)cc1. The van der Waals surface area contributed by atoms with Crippen molar-refractivity contribution < 1.29 is 9.90 Å². The molecular weight excluding hydrogens is 388 g/mol. The summed E-state index contributed by atoms with van der Waals surface area (Å²) < 4.78 is 0. The molecule has 0 saturated carbocycles. The van der Waals surface area contributed by atoms with Crippen LogP contribution in [0.1, 0.15) is 22.4 Å². The Bertz CT molecular complexity index is 1070. The minimum Gasteiger partial charge on any atom is -0.508 e. The second-order valence-corrected chi connectivity index (χ2v) is 8.19. The van der Waals surface area contributed by atoms with Gasteiger partial charge in [0.2, 0.25) is 0 Å². The Morgan fingerprint density at radius 3 is 2.65 bits per heavy atom. The van der Waals surface area contributed by atoms with E-state index < -0.39 is 5.66 Å². The van der Waals surface area contributed by atoms with Crippen molar-refractivity contribution in [2.75, 3.05) is 19.6 Å². The normalized spacial score (nSPS) is 20.2. The average Bonchev–Trinajstić information content (AvgIpc) is 3.18. The maximum absolute atomic E-state index is 13.4. The molecule has 31 heavy (non-hydrogen) atoms. The number of carbonyl (C=O) groups excluding carboxylic acids is 1. The van der Waals surface area contributed by atoms with Gasteiger partial charge in [0.05, 0.1) is 0 Å². The molecule has 158 valence electrons. The summed E-state index contributed by atoms with van der Waals surface area (Å²) >= 11 is 0. The number of nitrogens with zero attached hydrogens (tertiary/aromatic N) is 3. The number of urea groups is 1. The molecule has 0 bridgehead atoms. The summed E-state index contributed by atoms with van der Waals surface area (Å²) in [4.78, 5) is 22.3. The molecule has 6 nitrogen and oxygen atoms in total. The number of aromatic hydroxyl groups is 1. The van der Waals surface area contributed by atoms with Crippen molar-refractivity contribution in [1.82, 2.24) is 20.1 Å². The van der Waals surface area contributed by atoms with Gasteiger partial charge in [0.1, 0.15) is 11.4 Å². The van der Waals surface area contributed by atoms with Crippen LogP contribution in [0.25, 0.3) is 0 Å². The van der Waals surface area contributed by atoms with Gasteiger partial charge in [0, 0.05) is 44.5 Å². The number of hydrogen-bond acceptors (Lipinski definition) is 4. The third-order valence-corrected chi connectivity index (χ3v) is 6.43. The molecule has 1 saturated heterocycles. The molecule has 2 aliphatic heterocycles. The van der Waals surface area contributed by atoms with Crippen LogP contribution in [0.2, 0.25) is 0 Å². The molecule has 0 spiro atoms. The van der Waals surface area contributed by atoms with Crippen molar-refractivity contribution in [2.45, 2.75) is 25.0 Å². The number of amides is 2. The van der Waals surface area contributed by atoms with Crippen LogP contribution in [-0.4, -0.2) is 45.6 Å². The summed E-state index contributed by atoms with van der Waals surface area (Å²) in [6.45, 7) is 2.77. The smallest absolute Gasteiger partial charge is 0.319 e. The molecular formula is C25H26N4O2. The monoisotopic (exact) mass is 414 g/mol. The van der Waals surface area contributed by atoms with Crippen LogP contribution >= 0.6 is 0 Å².